The molecule has 0 saturated heterocycles. The molecule has 0 spiro atoms. The average Bonchev–Trinajstić information content (AvgIpc) is 2.94. The van der Waals surface area contributed by atoms with Gasteiger partial charge in [-0.05, 0) is 43.9 Å². The van der Waals surface area contributed by atoms with Gasteiger partial charge in [-0.3, -0.25) is 0 Å². The number of benzene rings is 1. The lowest BCUT2D eigenvalue weighted by atomic mass is 9.98. The van der Waals surface area contributed by atoms with Crippen molar-refractivity contribution >= 4 is 27.4 Å². The number of hydrogen-bond donors (Lipinski definition) is 2. The highest BCUT2D eigenvalue weighted by atomic mass is 32.1. The molecule has 1 unspecified atom stereocenters. The second-order valence-corrected chi connectivity index (χ2v) is 7.27. The van der Waals surface area contributed by atoms with Crippen LogP contribution in [0, 0.1) is 13.8 Å². The highest BCUT2D eigenvalue weighted by Crippen LogP contribution is 2.41. The molecule has 0 bridgehead atoms. The van der Waals surface area contributed by atoms with Gasteiger partial charge in [0.1, 0.15) is 17.0 Å². The number of aliphatic hydroxyl groups excluding tert-OH is 1. The Morgan fingerprint density at radius 3 is 2.67 bits per heavy atom. The number of nitrogens with one attached hydrogen (secondary N) is 1. The zero-order valence-corrected chi connectivity index (χ0v) is 15.4. The lowest BCUT2D eigenvalue weighted by molar-refractivity contribution is 0.208. The smallest absolute Gasteiger partial charge is 0.138 e. The molecule has 0 fully saturated rings. The number of rotatable bonds is 5. The van der Waals surface area contributed by atoms with E-state index >= 15 is 0 Å². The van der Waals surface area contributed by atoms with Crippen molar-refractivity contribution < 1.29 is 5.11 Å². The predicted molar refractivity (Wildman–Crippen MR) is 102 cm³/mol. The van der Waals surface area contributed by atoms with Gasteiger partial charge in [-0.25, -0.2) is 9.97 Å². The van der Waals surface area contributed by atoms with E-state index in [0.29, 0.717) is 6.54 Å². The van der Waals surface area contributed by atoms with Gasteiger partial charge in [-0.15, -0.1) is 11.3 Å². The molecule has 0 saturated carbocycles. The summed E-state index contributed by atoms with van der Waals surface area (Å²) in [5.41, 5.74) is 5.00. The van der Waals surface area contributed by atoms with Crippen molar-refractivity contribution in [3.63, 3.8) is 0 Å². The topological polar surface area (TPSA) is 58.0 Å². The molecular weight excluding hydrogens is 318 g/mol. The van der Waals surface area contributed by atoms with E-state index in [-0.39, 0.29) is 0 Å². The fraction of sp³-hybridized carbons (Fsp3) is 0.368. The Bertz CT molecular complexity index is 870. The van der Waals surface area contributed by atoms with Crippen LogP contribution in [0.4, 0.5) is 5.82 Å². The van der Waals surface area contributed by atoms with E-state index in [1.165, 1.54) is 27.1 Å². The van der Waals surface area contributed by atoms with Crippen molar-refractivity contribution in [3.8, 4) is 11.1 Å². The summed E-state index contributed by atoms with van der Waals surface area (Å²) in [5.74, 6) is 0.796. The van der Waals surface area contributed by atoms with Gasteiger partial charge >= 0.3 is 0 Å². The van der Waals surface area contributed by atoms with Crippen LogP contribution in [-0.4, -0.2) is 27.7 Å². The Balaban J connectivity index is 2.22. The summed E-state index contributed by atoms with van der Waals surface area (Å²) in [7, 11) is 0. The number of anilines is 1. The van der Waals surface area contributed by atoms with Crippen molar-refractivity contribution in [3.05, 3.63) is 40.5 Å². The number of thiophene rings is 1. The number of aryl methyl sites for hydroxylation is 3. The summed E-state index contributed by atoms with van der Waals surface area (Å²) < 4.78 is 0. The fourth-order valence-corrected chi connectivity index (χ4v) is 3.91. The Kier molecular flexibility index (Phi) is 4.83. The Labute approximate surface area is 146 Å². The van der Waals surface area contributed by atoms with E-state index in [9.17, 15) is 5.11 Å². The molecule has 0 aliphatic heterocycles. The maximum atomic E-state index is 9.59. The van der Waals surface area contributed by atoms with Crippen LogP contribution in [0.15, 0.2) is 24.5 Å². The minimum absolute atomic E-state index is 0.427. The standard InChI is InChI=1S/C19H23N3OS/c1-5-15-16(14-7-6-11(2)12(3)8-14)17-18(20-9-13(4)23)21-10-22-19(17)24-15/h6-8,10,13,23H,5,9H2,1-4H3,(H,20,21,22). The van der Waals surface area contributed by atoms with Gasteiger partial charge in [0.2, 0.25) is 0 Å². The summed E-state index contributed by atoms with van der Waals surface area (Å²) in [6, 6.07) is 6.58. The van der Waals surface area contributed by atoms with Gasteiger partial charge in [-0.2, -0.15) is 0 Å². The highest BCUT2D eigenvalue weighted by Gasteiger charge is 2.18. The Morgan fingerprint density at radius 1 is 1.21 bits per heavy atom. The van der Waals surface area contributed by atoms with E-state index in [1.54, 1.807) is 24.6 Å². The minimum Gasteiger partial charge on any atom is -0.392 e. The second kappa shape index (κ2) is 6.87. The SMILES string of the molecule is CCc1sc2ncnc(NCC(C)O)c2c1-c1ccc(C)c(C)c1. The number of hydrogen-bond acceptors (Lipinski definition) is 5. The number of nitrogens with zero attached hydrogens (tertiary/aromatic N) is 2. The normalized spacial score (nSPS) is 12.5. The van der Waals surface area contributed by atoms with Crippen molar-refractivity contribution in [1.82, 2.24) is 9.97 Å². The molecular formula is C19H23N3OS. The van der Waals surface area contributed by atoms with Crippen LogP contribution in [0.1, 0.15) is 29.9 Å². The van der Waals surface area contributed by atoms with Crippen LogP contribution < -0.4 is 5.32 Å². The maximum absolute atomic E-state index is 9.59. The number of aromatic nitrogens is 2. The van der Waals surface area contributed by atoms with Crippen LogP contribution in [0.25, 0.3) is 21.3 Å². The van der Waals surface area contributed by atoms with E-state index in [2.05, 4.69) is 54.3 Å². The molecule has 0 radical (unpaired) electrons. The lowest BCUT2D eigenvalue weighted by Crippen LogP contribution is -2.16. The van der Waals surface area contributed by atoms with E-state index < -0.39 is 6.10 Å². The average molecular weight is 341 g/mol. The van der Waals surface area contributed by atoms with E-state index in [4.69, 9.17) is 0 Å². The van der Waals surface area contributed by atoms with Crippen LogP contribution >= 0.6 is 11.3 Å². The molecule has 2 N–H and O–H groups in total. The van der Waals surface area contributed by atoms with Gasteiger partial charge in [0.05, 0.1) is 11.5 Å². The van der Waals surface area contributed by atoms with Crippen LogP contribution in [-0.2, 0) is 6.42 Å². The van der Waals surface area contributed by atoms with Gasteiger partial charge < -0.3 is 10.4 Å². The van der Waals surface area contributed by atoms with Gasteiger partial charge in [0, 0.05) is 17.0 Å². The zero-order chi connectivity index (χ0) is 17.3. The van der Waals surface area contributed by atoms with Gasteiger partial charge in [0.15, 0.2) is 0 Å². The first-order chi connectivity index (χ1) is 11.5. The second-order valence-electron chi connectivity index (χ2n) is 6.19. The molecule has 0 aliphatic carbocycles. The van der Waals surface area contributed by atoms with Crippen LogP contribution in [0.5, 0.6) is 0 Å². The number of fused-ring (bicyclic) bond motifs is 1. The molecule has 2 aromatic heterocycles. The molecule has 4 nitrogen and oxygen atoms in total. The molecule has 1 aromatic carbocycles. The number of aliphatic hydroxyl groups is 1. The Hall–Kier alpha value is -1.98. The molecule has 126 valence electrons. The summed E-state index contributed by atoms with van der Waals surface area (Å²) in [5, 5.41) is 13.9. The fourth-order valence-electron chi connectivity index (χ4n) is 2.81. The summed E-state index contributed by atoms with van der Waals surface area (Å²) in [6.07, 6.45) is 2.12. The molecule has 1 atom stereocenters. The van der Waals surface area contributed by atoms with Crippen molar-refractivity contribution in [2.24, 2.45) is 0 Å². The first-order valence-electron chi connectivity index (χ1n) is 8.27. The maximum Gasteiger partial charge on any atom is 0.138 e. The van der Waals surface area contributed by atoms with Crippen molar-refractivity contribution in [2.75, 3.05) is 11.9 Å². The Morgan fingerprint density at radius 2 is 2.00 bits per heavy atom. The third-order valence-corrected chi connectivity index (χ3v) is 5.48. The third-order valence-electron chi connectivity index (χ3n) is 4.24. The molecule has 2 heterocycles. The minimum atomic E-state index is -0.427. The highest BCUT2D eigenvalue weighted by molar-refractivity contribution is 7.19. The molecule has 5 heteroatoms. The molecule has 3 aromatic rings. The first kappa shape index (κ1) is 16.9. The van der Waals surface area contributed by atoms with Crippen LogP contribution in [0.2, 0.25) is 0 Å². The van der Waals surface area contributed by atoms with Crippen LogP contribution in [0.3, 0.4) is 0 Å². The molecule has 24 heavy (non-hydrogen) atoms. The van der Waals surface area contributed by atoms with E-state index in [1.807, 2.05) is 0 Å². The quantitative estimate of drug-likeness (QED) is 0.725. The molecule has 0 aliphatic rings. The van der Waals surface area contributed by atoms with Crippen molar-refractivity contribution in [1.29, 1.82) is 0 Å². The summed E-state index contributed by atoms with van der Waals surface area (Å²) in [4.78, 5) is 11.2. The molecule has 3 rings (SSSR count). The van der Waals surface area contributed by atoms with E-state index in [0.717, 1.165) is 22.5 Å². The summed E-state index contributed by atoms with van der Waals surface area (Å²) >= 11 is 1.72. The van der Waals surface area contributed by atoms with Gasteiger partial charge in [-0.1, -0.05) is 25.1 Å². The summed E-state index contributed by atoms with van der Waals surface area (Å²) in [6.45, 7) is 8.68. The first-order valence-corrected chi connectivity index (χ1v) is 9.08. The predicted octanol–water partition coefficient (Wildman–Crippen LogP) is 4.33. The molecule has 0 amide bonds. The van der Waals surface area contributed by atoms with Crippen molar-refractivity contribution in [2.45, 2.75) is 40.2 Å². The largest absolute Gasteiger partial charge is 0.392 e. The monoisotopic (exact) mass is 341 g/mol. The third kappa shape index (κ3) is 3.14. The zero-order valence-electron chi connectivity index (χ0n) is 14.6. The lowest BCUT2D eigenvalue weighted by Gasteiger charge is -2.11. The van der Waals surface area contributed by atoms with Gasteiger partial charge in [0.25, 0.3) is 0 Å².